The molecule has 2 N–H and O–H groups in total. The maximum atomic E-state index is 10.2. The predicted octanol–water partition coefficient (Wildman–Crippen LogP) is 2.96. The number of benzene rings is 1. The van der Waals surface area contributed by atoms with E-state index in [2.05, 4.69) is 31.3 Å². The number of aliphatic hydroxyl groups is 1. The van der Waals surface area contributed by atoms with E-state index in [0.29, 0.717) is 12.5 Å². The molecule has 17 heavy (non-hydrogen) atoms. The zero-order valence-electron chi connectivity index (χ0n) is 11.2. The second-order valence-electron chi connectivity index (χ2n) is 5.52. The van der Waals surface area contributed by atoms with Crippen molar-refractivity contribution in [2.75, 3.05) is 6.54 Å². The minimum Gasteiger partial charge on any atom is -0.389 e. The van der Waals surface area contributed by atoms with Crippen LogP contribution in [-0.2, 0) is 6.54 Å². The summed E-state index contributed by atoms with van der Waals surface area (Å²) < 4.78 is 0. The van der Waals surface area contributed by atoms with Crippen molar-refractivity contribution in [2.45, 2.75) is 45.8 Å². The van der Waals surface area contributed by atoms with Crippen molar-refractivity contribution in [3.63, 3.8) is 0 Å². The number of rotatable bonds is 7. The van der Waals surface area contributed by atoms with Crippen LogP contribution in [0.1, 0.15) is 39.2 Å². The Kier molecular flexibility index (Phi) is 5.66. The van der Waals surface area contributed by atoms with Gasteiger partial charge in [-0.15, -0.1) is 0 Å². The average Bonchev–Trinajstić information content (AvgIpc) is 2.28. The van der Waals surface area contributed by atoms with Crippen LogP contribution in [0.4, 0.5) is 0 Å². The summed E-state index contributed by atoms with van der Waals surface area (Å²) in [6.45, 7) is 7.75. The van der Waals surface area contributed by atoms with Crippen molar-refractivity contribution in [2.24, 2.45) is 5.92 Å². The molecule has 0 saturated carbocycles. The normalized spacial score (nSPS) is 14.9. The van der Waals surface area contributed by atoms with Crippen molar-refractivity contribution in [1.29, 1.82) is 0 Å². The molecule has 0 radical (unpaired) electrons. The molecule has 2 nitrogen and oxygen atoms in total. The standard InChI is InChI=1S/C15H25NO/c1-13(2)9-10-15(3,17)12-16-11-14-7-5-4-6-8-14/h4-8,13,16-17H,9-12H2,1-3H3. The molecule has 0 aliphatic heterocycles. The predicted molar refractivity (Wildman–Crippen MR) is 72.8 cm³/mol. The molecule has 0 fully saturated rings. The second kappa shape index (κ2) is 6.77. The van der Waals surface area contributed by atoms with E-state index in [0.717, 1.165) is 19.4 Å². The number of hydrogen-bond donors (Lipinski definition) is 2. The molecule has 1 aromatic carbocycles. The SMILES string of the molecule is CC(C)CCC(C)(O)CNCc1ccccc1. The first-order valence-electron chi connectivity index (χ1n) is 6.47. The zero-order chi connectivity index (χ0) is 12.7. The van der Waals surface area contributed by atoms with Crippen LogP contribution in [0.5, 0.6) is 0 Å². The van der Waals surface area contributed by atoms with Crippen molar-refractivity contribution < 1.29 is 5.11 Å². The Hall–Kier alpha value is -0.860. The molecule has 1 rings (SSSR count). The van der Waals surface area contributed by atoms with Crippen LogP contribution in [0.25, 0.3) is 0 Å². The van der Waals surface area contributed by atoms with Gasteiger partial charge in [-0.25, -0.2) is 0 Å². The van der Waals surface area contributed by atoms with E-state index in [9.17, 15) is 5.11 Å². The van der Waals surface area contributed by atoms with Crippen LogP contribution in [0.2, 0.25) is 0 Å². The van der Waals surface area contributed by atoms with Crippen LogP contribution in [0.3, 0.4) is 0 Å². The van der Waals surface area contributed by atoms with E-state index in [1.54, 1.807) is 0 Å². The third-order valence-electron chi connectivity index (χ3n) is 2.94. The minimum absolute atomic E-state index is 0.598. The Balaban J connectivity index is 2.25. The highest BCUT2D eigenvalue weighted by Gasteiger charge is 2.19. The molecule has 1 unspecified atom stereocenters. The third kappa shape index (κ3) is 6.44. The van der Waals surface area contributed by atoms with Crippen LogP contribution < -0.4 is 5.32 Å². The van der Waals surface area contributed by atoms with Crippen molar-refractivity contribution in [1.82, 2.24) is 5.32 Å². The van der Waals surface area contributed by atoms with E-state index in [1.165, 1.54) is 5.56 Å². The third-order valence-corrected chi connectivity index (χ3v) is 2.94. The summed E-state index contributed by atoms with van der Waals surface area (Å²) in [4.78, 5) is 0. The Bertz CT molecular complexity index is 306. The first-order valence-corrected chi connectivity index (χ1v) is 6.47. The molecule has 0 aliphatic rings. The van der Waals surface area contributed by atoms with Crippen LogP contribution in [-0.4, -0.2) is 17.3 Å². The zero-order valence-corrected chi connectivity index (χ0v) is 11.2. The van der Waals surface area contributed by atoms with Gasteiger partial charge >= 0.3 is 0 Å². The fraction of sp³-hybridized carbons (Fsp3) is 0.600. The molecular weight excluding hydrogens is 210 g/mol. The van der Waals surface area contributed by atoms with Gasteiger partial charge in [0.1, 0.15) is 0 Å². The van der Waals surface area contributed by atoms with Gasteiger partial charge in [0.15, 0.2) is 0 Å². The summed E-state index contributed by atoms with van der Waals surface area (Å²) in [5.41, 5.74) is 0.658. The lowest BCUT2D eigenvalue weighted by atomic mass is 9.95. The molecule has 0 bridgehead atoms. The monoisotopic (exact) mass is 235 g/mol. The Labute approximate surface area is 105 Å². The van der Waals surface area contributed by atoms with Crippen molar-refractivity contribution in [3.8, 4) is 0 Å². The van der Waals surface area contributed by atoms with E-state index in [-0.39, 0.29) is 0 Å². The van der Waals surface area contributed by atoms with Gasteiger partial charge < -0.3 is 10.4 Å². The lowest BCUT2D eigenvalue weighted by molar-refractivity contribution is 0.0451. The highest BCUT2D eigenvalue weighted by atomic mass is 16.3. The van der Waals surface area contributed by atoms with Crippen LogP contribution in [0.15, 0.2) is 30.3 Å². The van der Waals surface area contributed by atoms with Gasteiger partial charge in [0, 0.05) is 13.1 Å². The molecule has 1 aromatic rings. The summed E-state index contributed by atoms with van der Waals surface area (Å²) in [7, 11) is 0. The van der Waals surface area contributed by atoms with Crippen molar-refractivity contribution in [3.05, 3.63) is 35.9 Å². The number of hydrogen-bond acceptors (Lipinski definition) is 2. The minimum atomic E-state index is -0.598. The van der Waals surface area contributed by atoms with Gasteiger partial charge in [-0.2, -0.15) is 0 Å². The molecule has 0 saturated heterocycles. The lowest BCUT2D eigenvalue weighted by Gasteiger charge is -2.24. The smallest absolute Gasteiger partial charge is 0.0743 e. The molecule has 0 amide bonds. The second-order valence-corrected chi connectivity index (χ2v) is 5.52. The summed E-state index contributed by atoms with van der Waals surface area (Å²) in [5.74, 6) is 0.649. The topological polar surface area (TPSA) is 32.3 Å². The molecule has 0 aromatic heterocycles. The van der Waals surface area contributed by atoms with Gasteiger partial charge in [0.05, 0.1) is 5.60 Å². The van der Waals surface area contributed by atoms with Gasteiger partial charge in [-0.1, -0.05) is 44.2 Å². The average molecular weight is 235 g/mol. The first-order chi connectivity index (χ1) is 7.99. The van der Waals surface area contributed by atoms with E-state index in [4.69, 9.17) is 0 Å². The first kappa shape index (κ1) is 14.2. The quantitative estimate of drug-likeness (QED) is 0.761. The van der Waals surface area contributed by atoms with Gasteiger partial charge in [-0.3, -0.25) is 0 Å². The maximum absolute atomic E-state index is 10.2. The molecular formula is C15H25NO. The Morgan fingerprint density at radius 2 is 1.88 bits per heavy atom. The van der Waals surface area contributed by atoms with Gasteiger partial charge in [0.2, 0.25) is 0 Å². The molecule has 1 atom stereocenters. The van der Waals surface area contributed by atoms with Gasteiger partial charge in [0.25, 0.3) is 0 Å². The lowest BCUT2D eigenvalue weighted by Crippen LogP contribution is -2.37. The highest BCUT2D eigenvalue weighted by molar-refractivity contribution is 5.14. The summed E-state index contributed by atoms with van der Waals surface area (Å²) >= 11 is 0. The van der Waals surface area contributed by atoms with E-state index < -0.39 is 5.60 Å². The maximum Gasteiger partial charge on any atom is 0.0743 e. The molecule has 0 heterocycles. The fourth-order valence-corrected chi connectivity index (χ4v) is 1.76. The summed E-state index contributed by atoms with van der Waals surface area (Å²) in [6.07, 6.45) is 1.92. The van der Waals surface area contributed by atoms with E-state index >= 15 is 0 Å². The summed E-state index contributed by atoms with van der Waals surface area (Å²) in [5, 5.41) is 13.5. The Morgan fingerprint density at radius 3 is 2.47 bits per heavy atom. The number of nitrogens with one attached hydrogen (secondary N) is 1. The highest BCUT2D eigenvalue weighted by Crippen LogP contribution is 2.15. The molecule has 0 spiro atoms. The molecule has 0 aliphatic carbocycles. The molecule has 2 heteroatoms. The largest absolute Gasteiger partial charge is 0.389 e. The van der Waals surface area contributed by atoms with Crippen LogP contribution in [0, 0.1) is 5.92 Å². The van der Waals surface area contributed by atoms with E-state index in [1.807, 2.05) is 25.1 Å². The van der Waals surface area contributed by atoms with Crippen molar-refractivity contribution >= 4 is 0 Å². The van der Waals surface area contributed by atoms with Gasteiger partial charge in [-0.05, 0) is 31.2 Å². The summed E-state index contributed by atoms with van der Waals surface area (Å²) in [6, 6.07) is 10.3. The Morgan fingerprint density at radius 1 is 1.24 bits per heavy atom. The van der Waals surface area contributed by atoms with Crippen LogP contribution >= 0.6 is 0 Å². The fourth-order valence-electron chi connectivity index (χ4n) is 1.76. The molecule has 96 valence electrons.